The van der Waals surface area contributed by atoms with Gasteiger partial charge >= 0.3 is 5.97 Å². The first-order valence-corrected chi connectivity index (χ1v) is 10.4. The van der Waals surface area contributed by atoms with Crippen LogP contribution in [0.5, 0.6) is 0 Å². The van der Waals surface area contributed by atoms with Gasteiger partial charge in [-0.15, -0.1) is 0 Å². The van der Waals surface area contributed by atoms with Crippen molar-refractivity contribution in [3.05, 3.63) is 65.7 Å². The van der Waals surface area contributed by atoms with Gasteiger partial charge in [-0.05, 0) is 30.2 Å². The van der Waals surface area contributed by atoms with Crippen LogP contribution in [0.1, 0.15) is 35.7 Å². The van der Waals surface area contributed by atoms with Crippen LogP contribution in [0.25, 0.3) is 0 Å². The largest absolute Gasteiger partial charge is 0.481 e. The Balaban J connectivity index is 2.12. The molecule has 0 saturated carbocycles. The van der Waals surface area contributed by atoms with Gasteiger partial charge in [0.2, 0.25) is 0 Å². The summed E-state index contributed by atoms with van der Waals surface area (Å²) in [6, 6.07) is 14.6. The predicted octanol–water partition coefficient (Wildman–Crippen LogP) is 2.89. The summed E-state index contributed by atoms with van der Waals surface area (Å²) >= 11 is 0. The van der Waals surface area contributed by atoms with Crippen molar-refractivity contribution in [2.45, 2.75) is 30.4 Å². The molecule has 0 spiro atoms. The molecule has 27 heavy (non-hydrogen) atoms. The first-order valence-electron chi connectivity index (χ1n) is 8.71. The zero-order valence-corrected chi connectivity index (χ0v) is 15.9. The zero-order valence-electron chi connectivity index (χ0n) is 15.1. The van der Waals surface area contributed by atoms with Crippen LogP contribution in [-0.4, -0.2) is 31.9 Å². The summed E-state index contributed by atoms with van der Waals surface area (Å²) < 4.78 is 25.2. The Morgan fingerprint density at radius 2 is 1.78 bits per heavy atom. The molecule has 2 N–H and O–H groups in total. The molecule has 0 fully saturated rings. The summed E-state index contributed by atoms with van der Waals surface area (Å²) in [4.78, 5) is 23.5. The quantitative estimate of drug-likeness (QED) is 0.687. The van der Waals surface area contributed by atoms with Crippen LogP contribution < -0.4 is 5.32 Å². The number of amides is 1. The Labute approximate surface area is 159 Å². The smallest absolute Gasteiger partial charge is 0.308 e. The standard InChI is InChI=1S/C20H23NO5S/c1-2-7-17(20(23)24)13-21-19(22)16-10-6-11-18(12-16)27(25,26)14-15-8-4-3-5-9-15/h3-6,8-12,17H,2,7,13-14H2,1H3,(H,21,22)(H,23,24). The number of carbonyl (C=O) groups is 2. The van der Waals surface area contributed by atoms with Crippen LogP contribution >= 0.6 is 0 Å². The molecule has 2 aromatic rings. The highest BCUT2D eigenvalue weighted by atomic mass is 32.2. The molecule has 0 aliphatic heterocycles. The van der Waals surface area contributed by atoms with Gasteiger partial charge in [0, 0.05) is 12.1 Å². The number of carboxylic acids is 1. The van der Waals surface area contributed by atoms with E-state index in [1.807, 2.05) is 13.0 Å². The van der Waals surface area contributed by atoms with Gasteiger partial charge in [-0.2, -0.15) is 0 Å². The van der Waals surface area contributed by atoms with Gasteiger partial charge in [-0.25, -0.2) is 8.42 Å². The highest BCUT2D eigenvalue weighted by Gasteiger charge is 2.20. The SMILES string of the molecule is CCCC(CNC(=O)c1cccc(S(=O)(=O)Cc2ccccc2)c1)C(=O)O. The van der Waals surface area contributed by atoms with Crippen LogP contribution in [0.2, 0.25) is 0 Å². The third kappa shape index (κ3) is 5.92. The second kappa shape index (κ2) is 9.32. The van der Waals surface area contributed by atoms with Crippen LogP contribution in [0, 0.1) is 5.92 Å². The lowest BCUT2D eigenvalue weighted by atomic mass is 10.0. The number of aliphatic carboxylic acids is 1. The van der Waals surface area contributed by atoms with E-state index in [1.54, 1.807) is 24.3 Å². The van der Waals surface area contributed by atoms with E-state index >= 15 is 0 Å². The third-order valence-corrected chi connectivity index (χ3v) is 5.84. The molecule has 0 aromatic heterocycles. The maximum atomic E-state index is 12.6. The highest BCUT2D eigenvalue weighted by Crippen LogP contribution is 2.18. The molecule has 0 radical (unpaired) electrons. The maximum absolute atomic E-state index is 12.6. The summed E-state index contributed by atoms with van der Waals surface area (Å²) in [6.45, 7) is 1.88. The molecule has 0 bridgehead atoms. The minimum absolute atomic E-state index is 0.00298. The molecule has 0 saturated heterocycles. The molecule has 0 aliphatic carbocycles. The number of hydrogen-bond donors (Lipinski definition) is 2. The molecule has 7 heteroatoms. The Bertz CT molecular complexity index is 894. The molecular weight excluding hydrogens is 366 g/mol. The monoisotopic (exact) mass is 389 g/mol. The normalized spacial score (nSPS) is 12.3. The van der Waals surface area contributed by atoms with Crippen molar-refractivity contribution in [1.29, 1.82) is 0 Å². The van der Waals surface area contributed by atoms with Gasteiger partial charge in [0.15, 0.2) is 9.84 Å². The van der Waals surface area contributed by atoms with Crippen LogP contribution in [-0.2, 0) is 20.4 Å². The van der Waals surface area contributed by atoms with E-state index in [9.17, 15) is 18.0 Å². The van der Waals surface area contributed by atoms with Crippen molar-refractivity contribution in [2.24, 2.45) is 5.92 Å². The first-order chi connectivity index (χ1) is 12.8. The fourth-order valence-corrected chi connectivity index (χ4v) is 4.08. The average molecular weight is 389 g/mol. The number of carbonyl (C=O) groups excluding carboxylic acids is 1. The van der Waals surface area contributed by atoms with Gasteiger partial charge in [0.1, 0.15) is 0 Å². The van der Waals surface area contributed by atoms with E-state index in [0.29, 0.717) is 18.4 Å². The van der Waals surface area contributed by atoms with Gasteiger partial charge in [0.25, 0.3) is 5.91 Å². The lowest BCUT2D eigenvalue weighted by Crippen LogP contribution is -2.33. The summed E-state index contributed by atoms with van der Waals surface area (Å²) in [6.07, 6.45) is 1.15. The molecule has 1 amide bonds. The molecule has 1 atom stereocenters. The van der Waals surface area contributed by atoms with Crippen molar-refractivity contribution in [3.8, 4) is 0 Å². The number of sulfone groups is 1. The van der Waals surface area contributed by atoms with Gasteiger partial charge in [-0.1, -0.05) is 49.7 Å². The van der Waals surface area contributed by atoms with Crippen LogP contribution in [0.3, 0.4) is 0 Å². The van der Waals surface area contributed by atoms with Crippen molar-refractivity contribution >= 4 is 21.7 Å². The van der Waals surface area contributed by atoms with E-state index in [0.717, 1.165) is 0 Å². The lowest BCUT2D eigenvalue weighted by Gasteiger charge is -2.13. The summed E-state index contributed by atoms with van der Waals surface area (Å²) in [5, 5.41) is 11.7. The highest BCUT2D eigenvalue weighted by molar-refractivity contribution is 7.90. The Morgan fingerprint density at radius 3 is 2.41 bits per heavy atom. The lowest BCUT2D eigenvalue weighted by molar-refractivity contribution is -0.141. The molecule has 1 unspecified atom stereocenters. The predicted molar refractivity (Wildman–Crippen MR) is 102 cm³/mol. The minimum Gasteiger partial charge on any atom is -0.481 e. The number of rotatable bonds is 9. The Morgan fingerprint density at radius 1 is 1.07 bits per heavy atom. The van der Waals surface area contributed by atoms with E-state index in [-0.39, 0.29) is 22.8 Å². The maximum Gasteiger partial charge on any atom is 0.308 e. The molecule has 0 aliphatic rings. The fraction of sp³-hybridized carbons (Fsp3) is 0.300. The number of benzene rings is 2. The molecule has 2 rings (SSSR count). The van der Waals surface area contributed by atoms with Crippen LogP contribution in [0.4, 0.5) is 0 Å². The van der Waals surface area contributed by atoms with Gasteiger partial charge in [0.05, 0.1) is 16.6 Å². The Kier molecular flexibility index (Phi) is 7.12. The molecule has 0 heterocycles. The van der Waals surface area contributed by atoms with Gasteiger partial charge < -0.3 is 10.4 Å². The van der Waals surface area contributed by atoms with Crippen LogP contribution in [0.15, 0.2) is 59.5 Å². The first kappa shape index (κ1) is 20.6. The number of nitrogens with one attached hydrogen (secondary N) is 1. The third-order valence-electron chi connectivity index (χ3n) is 4.15. The topological polar surface area (TPSA) is 101 Å². The van der Waals surface area contributed by atoms with E-state index in [2.05, 4.69) is 5.32 Å². The minimum atomic E-state index is -3.60. The summed E-state index contributed by atoms with van der Waals surface area (Å²) in [7, 11) is -3.60. The van der Waals surface area contributed by atoms with Crippen molar-refractivity contribution in [1.82, 2.24) is 5.32 Å². The van der Waals surface area contributed by atoms with E-state index < -0.39 is 27.6 Å². The number of carboxylic acid groups (broad SMARTS) is 1. The molecule has 6 nitrogen and oxygen atoms in total. The summed E-state index contributed by atoms with van der Waals surface area (Å²) in [5.74, 6) is -2.27. The van der Waals surface area contributed by atoms with E-state index in [1.165, 1.54) is 24.3 Å². The number of hydrogen-bond acceptors (Lipinski definition) is 4. The van der Waals surface area contributed by atoms with Crippen molar-refractivity contribution in [2.75, 3.05) is 6.54 Å². The summed E-state index contributed by atoms with van der Waals surface area (Å²) in [5.41, 5.74) is 0.848. The molecule has 2 aromatic carbocycles. The second-order valence-corrected chi connectivity index (χ2v) is 8.30. The average Bonchev–Trinajstić information content (AvgIpc) is 2.65. The van der Waals surface area contributed by atoms with Crippen molar-refractivity contribution < 1.29 is 23.1 Å². The fourth-order valence-electron chi connectivity index (χ4n) is 2.69. The molecular formula is C20H23NO5S. The Hall–Kier alpha value is -2.67. The zero-order chi connectivity index (χ0) is 19.9. The van der Waals surface area contributed by atoms with Crippen molar-refractivity contribution in [3.63, 3.8) is 0 Å². The van der Waals surface area contributed by atoms with Gasteiger partial charge in [-0.3, -0.25) is 9.59 Å². The van der Waals surface area contributed by atoms with E-state index in [4.69, 9.17) is 5.11 Å². The second-order valence-electron chi connectivity index (χ2n) is 6.31. The molecule has 144 valence electrons.